The number of methoxy groups -OCH3 is 1. The quantitative estimate of drug-likeness (QED) is 0.724. The fourth-order valence-corrected chi connectivity index (χ4v) is 4.98. The second-order valence-corrected chi connectivity index (χ2v) is 9.06. The molecule has 5 heteroatoms. The van der Waals surface area contributed by atoms with Crippen LogP contribution in [-0.4, -0.2) is 48.6 Å². The fraction of sp³-hybridized carbons (Fsp3) is 0.538. The van der Waals surface area contributed by atoms with E-state index in [9.17, 15) is 4.79 Å². The Morgan fingerprint density at radius 2 is 1.94 bits per heavy atom. The first kappa shape index (κ1) is 21.8. The second-order valence-electron chi connectivity index (χ2n) is 9.06. The van der Waals surface area contributed by atoms with Gasteiger partial charge in [-0.25, -0.2) is 0 Å². The van der Waals surface area contributed by atoms with E-state index in [-0.39, 0.29) is 5.91 Å². The number of pyridine rings is 1. The number of amides is 1. The molecule has 1 aliphatic carbocycles. The molecular weight excluding hydrogens is 386 g/mol. The van der Waals surface area contributed by atoms with Crippen LogP contribution in [0.25, 0.3) is 0 Å². The van der Waals surface area contributed by atoms with Crippen molar-refractivity contribution in [2.24, 2.45) is 0 Å². The van der Waals surface area contributed by atoms with Gasteiger partial charge in [-0.2, -0.15) is 0 Å². The zero-order chi connectivity index (χ0) is 21.5. The summed E-state index contributed by atoms with van der Waals surface area (Å²) in [7, 11) is 1.70. The van der Waals surface area contributed by atoms with Gasteiger partial charge in [0, 0.05) is 36.3 Å². The van der Waals surface area contributed by atoms with Crippen LogP contribution in [0.4, 0.5) is 0 Å². The van der Waals surface area contributed by atoms with Crippen molar-refractivity contribution in [2.45, 2.75) is 63.3 Å². The lowest BCUT2D eigenvalue weighted by Crippen LogP contribution is -2.45. The standard InChI is InChI=1S/C26H35N3O2/c1-31-24-13-5-8-20(17-24)16-23-12-6-14-25(27-23)21-9-7-15-29(18-21)19-26(30)28-22-10-3-2-4-11-22/h5-6,8,12-14,17,21-22H,2-4,7,9-11,15-16,18-19H2,1H3,(H,28,30). The van der Waals surface area contributed by atoms with E-state index in [0.29, 0.717) is 18.5 Å². The summed E-state index contributed by atoms with van der Waals surface area (Å²) in [5.74, 6) is 1.46. The number of nitrogens with zero attached hydrogens (tertiary/aromatic N) is 2. The lowest BCUT2D eigenvalue weighted by atomic mass is 9.93. The van der Waals surface area contributed by atoms with Gasteiger partial charge in [0.05, 0.1) is 13.7 Å². The third kappa shape index (κ3) is 6.30. The lowest BCUT2D eigenvalue weighted by Gasteiger charge is -2.32. The number of ether oxygens (including phenoxy) is 1. The van der Waals surface area contributed by atoms with Crippen LogP contribution in [0.3, 0.4) is 0 Å². The molecule has 1 N–H and O–H groups in total. The number of nitrogens with one attached hydrogen (secondary N) is 1. The van der Waals surface area contributed by atoms with Gasteiger partial charge >= 0.3 is 0 Å². The summed E-state index contributed by atoms with van der Waals surface area (Å²) in [6.07, 6.45) is 9.12. The van der Waals surface area contributed by atoms with E-state index in [2.05, 4.69) is 40.5 Å². The van der Waals surface area contributed by atoms with Gasteiger partial charge in [0.15, 0.2) is 0 Å². The summed E-state index contributed by atoms with van der Waals surface area (Å²) < 4.78 is 5.34. The molecule has 1 aromatic carbocycles. The van der Waals surface area contributed by atoms with Crippen LogP contribution >= 0.6 is 0 Å². The average Bonchev–Trinajstić information content (AvgIpc) is 2.80. The van der Waals surface area contributed by atoms with E-state index in [4.69, 9.17) is 9.72 Å². The molecule has 4 rings (SSSR count). The Balaban J connectivity index is 1.34. The van der Waals surface area contributed by atoms with Crippen molar-refractivity contribution in [2.75, 3.05) is 26.7 Å². The number of piperidine rings is 1. The molecule has 2 fully saturated rings. The minimum absolute atomic E-state index is 0.187. The molecule has 2 heterocycles. The highest BCUT2D eigenvalue weighted by atomic mass is 16.5. The second kappa shape index (κ2) is 10.8. The molecule has 1 atom stereocenters. The van der Waals surface area contributed by atoms with E-state index >= 15 is 0 Å². The van der Waals surface area contributed by atoms with Crippen molar-refractivity contribution < 1.29 is 9.53 Å². The first-order valence-corrected chi connectivity index (χ1v) is 11.8. The average molecular weight is 422 g/mol. The molecule has 31 heavy (non-hydrogen) atoms. The zero-order valence-corrected chi connectivity index (χ0v) is 18.7. The molecule has 2 aliphatic rings. The van der Waals surface area contributed by atoms with E-state index in [1.807, 2.05) is 12.1 Å². The number of benzene rings is 1. The van der Waals surface area contributed by atoms with Gasteiger partial charge in [0.2, 0.25) is 5.91 Å². The molecule has 1 aliphatic heterocycles. The van der Waals surface area contributed by atoms with Crippen LogP contribution in [0.2, 0.25) is 0 Å². The number of carbonyl (C=O) groups is 1. The van der Waals surface area contributed by atoms with Crippen molar-refractivity contribution in [3.05, 3.63) is 59.4 Å². The van der Waals surface area contributed by atoms with Crippen molar-refractivity contribution in [1.29, 1.82) is 0 Å². The maximum atomic E-state index is 12.6. The van der Waals surface area contributed by atoms with E-state index in [0.717, 1.165) is 62.3 Å². The number of likely N-dealkylation sites (tertiary alicyclic amines) is 1. The Kier molecular flexibility index (Phi) is 7.57. The Bertz CT molecular complexity index is 863. The van der Waals surface area contributed by atoms with Crippen LogP contribution < -0.4 is 10.1 Å². The fourth-order valence-electron chi connectivity index (χ4n) is 4.98. The van der Waals surface area contributed by atoms with Gasteiger partial charge in [-0.05, 0) is 62.1 Å². The van der Waals surface area contributed by atoms with Crippen molar-refractivity contribution >= 4 is 5.91 Å². The van der Waals surface area contributed by atoms with Gasteiger partial charge in [-0.15, -0.1) is 0 Å². The summed E-state index contributed by atoms with van der Waals surface area (Å²) in [5, 5.41) is 3.26. The highest BCUT2D eigenvalue weighted by Gasteiger charge is 2.25. The molecule has 1 amide bonds. The smallest absolute Gasteiger partial charge is 0.234 e. The Morgan fingerprint density at radius 1 is 1.10 bits per heavy atom. The van der Waals surface area contributed by atoms with E-state index in [1.54, 1.807) is 7.11 Å². The minimum atomic E-state index is 0.187. The Morgan fingerprint density at radius 3 is 2.77 bits per heavy atom. The summed E-state index contributed by atoms with van der Waals surface area (Å²) >= 11 is 0. The number of rotatable bonds is 7. The Hall–Kier alpha value is -2.40. The summed E-state index contributed by atoms with van der Waals surface area (Å²) in [6.45, 7) is 2.42. The van der Waals surface area contributed by atoms with E-state index < -0.39 is 0 Å². The first-order valence-electron chi connectivity index (χ1n) is 11.8. The zero-order valence-electron chi connectivity index (χ0n) is 18.7. The number of hydrogen-bond donors (Lipinski definition) is 1. The monoisotopic (exact) mass is 421 g/mol. The van der Waals surface area contributed by atoms with Crippen LogP contribution in [0.15, 0.2) is 42.5 Å². The van der Waals surface area contributed by atoms with Gasteiger partial charge in [0.1, 0.15) is 5.75 Å². The van der Waals surface area contributed by atoms with Crippen molar-refractivity contribution in [1.82, 2.24) is 15.2 Å². The molecule has 2 aromatic rings. The van der Waals surface area contributed by atoms with Crippen LogP contribution in [0, 0.1) is 0 Å². The molecule has 1 saturated carbocycles. The van der Waals surface area contributed by atoms with Gasteiger partial charge in [0.25, 0.3) is 0 Å². The molecule has 1 aromatic heterocycles. The molecule has 0 radical (unpaired) electrons. The molecule has 1 unspecified atom stereocenters. The maximum Gasteiger partial charge on any atom is 0.234 e. The van der Waals surface area contributed by atoms with E-state index in [1.165, 1.54) is 24.8 Å². The molecular formula is C26H35N3O2. The maximum absolute atomic E-state index is 12.6. The molecule has 0 bridgehead atoms. The normalized spacial score (nSPS) is 20.4. The van der Waals surface area contributed by atoms with Crippen LogP contribution in [0.5, 0.6) is 5.75 Å². The van der Waals surface area contributed by atoms with Crippen molar-refractivity contribution in [3.63, 3.8) is 0 Å². The first-order chi connectivity index (χ1) is 15.2. The summed E-state index contributed by atoms with van der Waals surface area (Å²) in [5.41, 5.74) is 3.43. The predicted molar refractivity (Wildman–Crippen MR) is 123 cm³/mol. The minimum Gasteiger partial charge on any atom is -0.497 e. The van der Waals surface area contributed by atoms with Gasteiger partial charge in [-0.3, -0.25) is 14.7 Å². The Labute approximate surface area is 186 Å². The van der Waals surface area contributed by atoms with Gasteiger partial charge in [-0.1, -0.05) is 37.5 Å². The largest absolute Gasteiger partial charge is 0.497 e. The van der Waals surface area contributed by atoms with Crippen molar-refractivity contribution in [3.8, 4) is 5.75 Å². The van der Waals surface area contributed by atoms with Crippen LogP contribution in [0.1, 0.15) is 67.8 Å². The topological polar surface area (TPSA) is 54.5 Å². The van der Waals surface area contributed by atoms with Crippen LogP contribution in [-0.2, 0) is 11.2 Å². The van der Waals surface area contributed by atoms with Gasteiger partial charge < -0.3 is 10.1 Å². The summed E-state index contributed by atoms with van der Waals surface area (Å²) in [6, 6.07) is 14.9. The highest BCUT2D eigenvalue weighted by Crippen LogP contribution is 2.26. The lowest BCUT2D eigenvalue weighted by molar-refractivity contribution is -0.123. The highest BCUT2D eigenvalue weighted by molar-refractivity contribution is 5.78. The molecule has 5 nitrogen and oxygen atoms in total. The predicted octanol–water partition coefficient (Wildman–Crippen LogP) is 4.31. The third-order valence-corrected chi connectivity index (χ3v) is 6.61. The summed E-state index contributed by atoms with van der Waals surface area (Å²) in [4.78, 5) is 19.8. The number of aromatic nitrogens is 1. The third-order valence-electron chi connectivity index (χ3n) is 6.61. The molecule has 166 valence electrons. The number of carbonyl (C=O) groups excluding carboxylic acids is 1. The molecule has 1 saturated heterocycles. The number of hydrogen-bond acceptors (Lipinski definition) is 4. The SMILES string of the molecule is COc1cccc(Cc2cccc(C3CCCN(CC(=O)NC4CCCCC4)C3)n2)c1. The molecule has 0 spiro atoms.